The summed E-state index contributed by atoms with van der Waals surface area (Å²) in [6.07, 6.45) is 2.32. The topological polar surface area (TPSA) is 54.2 Å². The van der Waals surface area contributed by atoms with E-state index < -0.39 is 0 Å². The van der Waals surface area contributed by atoms with Crippen molar-refractivity contribution in [3.63, 3.8) is 0 Å². The maximum absolute atomic E-state index is 5.02. The summed E-state index contributed by atoms with van der Waals surface area (Å²) in [7, 11) is 0. The normalized spacial score (nSPS) is 26.3. The van der Waals surface area contributed by atoms with E-state index in [0.29, 0.717) is 18.0 Å². The molecule has 0 spiro atoms. The van der Waals surface area contributed by atoms with Gasteiger partial charge in [-0.3, -0.25) is 4.90 Å². The molecule has 0 amide bonds. The molecule has 0 aliphatic carbocycles. The third kappa shape index (κ3) is 3.04. The molecule has 5 heteroatoms. The highest BCUT2D eigenvalue weighted by Gasteiger charge is 2.26. The average Bonchev–Trinajstić information content (AvgIpc) is 2.74. The van der Waals surface area contributed by atoms with Gasteiger partial charge in [0.05, 0.1) is 6.54 Å². The second kappa shape index (κ2) is 5.60. The summed E-state index contributed by atoms with van der Waals surface area (Å²) in [5, 5.41) is 7.57. The summed E-state index contributed by atoms with van der Waals surface area (Å²) in [4.78, 5) is 6.75. The van der Waals surface area contributed by atoms with Crippen LogP contribution in [0.4, 0.5) is 0 Å². The van der Waals surface area contributed by atoms with E-state index in [9.17, 15) is 0 Å². The standard InChI is InChI=1S/C12H22N4O/c1-4-10-7-16(11(5-2)6-13-10)8-12-14-9(3)17-15-12/h10-11,13H,4-8H2,1-3H3. The maximum atomic E-state index is 5.02. The molecule has 1 saturated heterocycles. The molecule has 0 saturated carbocycles. The number of piperazine rings is 1. The van der Waals surface area contributed by atoms with E-state index in [0.717, 1.165) is 38.3 Å². The van der Waals surface area contributed by atoms with Crippen LogP contribution in [-0.4, -0.2) is 40.2 Å². The van der Waals surface area contributed by atoms with Crippen molar-refractivity contribution in [1.82, 2.24) is 20.4 Å². The molecular formula is C12H22N4O. The van der Waals surface area contributed by atoms with Gasteiger partial charge in [-0.2, -0.15) is 4.98 Å². The van der Waals surface area contributed by atoms with E-state index in [2.05, 4.69) is 34.2 Å². The van der Waals surface area contributed by atoms with E-state index in [1.165, 1.54) is 0 Å². The van der Waals surface area contributed by atoms with Gasteiger partial charge < -0.3 is 9.84 Å². The van der Waals surface area contributed by atoms with Crippen molar-refractivity contribution in [2.24, 2.45) is 0 Å². The Kier molecular flexibility index (Phi) is 4.12. The Bertz CT molecular complexity index is 352. The lowest BCUT2D eigenvalue weighted by Crippen LogP contribution is -2.55. The summed E-state index contributed by atoms with van der Waals surface area (Å²) in [5.74, 6) is 1.45. The van der Waals surface area contributed by atoms with Gasteiger partial charge in [0.25, 0.3) is 0 Å². The lowest BCUT2D eigenvalue weighted by Gasteiger charge is -2.39. The van der Waals surface area contributed by atoms with Gasteiger partial charge in [0.2, 0.25) is 5.89 Å². The number of hydrogen-bond donors (Lipinski definition) is 1. The summed E-state index contributed by atoms with van der Waals surface area (Å²) >= 11 is 0. The minimum atomic E-state index is 0.580. The number of aromatic nitrogens is 2. The number of nitrogens with zero attached hydrogens (tertiary/aromatic N) is 3. The van der Waals surface area contributed by atoms with E-state index in [4.69, 9.17) is 4.52 Å². The van der Waals surface area contributed by atoms with Crippen LogP contribution in [0.3, 0.4) is 0 Å². The lowest BCUT2D eigenvalue weighted by atomic mass is 10.1. The van der Waals surface area contributed by atoms with Crippen molar-refractivity contribution >= 4 is 0 Å². The van der Waals surface area contributed by atoms with Gasteiger partial charge in [-0.25, -0.2) is 0 Å². The van der Waals surface area contributed by atoms with Gasteiger partial charge in [0.1, 0.15) is 0 Å². The highest BCUT2D eigenvalue weighted by molar-refractivity contribution is 4.90. The Morgan fingerprint density at radius 2 is 2.24 bits per heavy atom. The van der Waals surface area contributed by atoms with Crippen LogP contribution in [0, 0.1) is 6.92 Å². The SMILES string of the molecule is CCC1CN(Cc2noc(C)n2)C(CC)CN1. The second-order valence-electron chi connectivity index (χ2n) is 4.73. The van der Waals surface area contributed by atoms with E-state index in [-0.39, 0.29) is 0 Å². The van der Waals surface area contributed by atoms with Crippen LogP contribution in [0.25, 0.3) is 0 Å². The van der Waals surface area contributed by atoms with Crippen molar-refractivity contribution in [3.05, 3.63) is 11.7 Å². The molecule has 1 aromatic rings. The predicted octanol–water partition coefficient (Wildman–Crippen LogP) is 1.34. The van der Waals surface area contributed by atoms with Gasteiger partial charge in [0.15, 0.2) is 5.82 Å². The molecule has 0 bridgehead atoms. The Balaban J connectivity index is 2.00. The molecule has 2 unspecified atom stereocenters. The number of aryl methyl sites for hydroxylation is 1. The fourth-order valence-corrected chi connectivity index (χ4v) is 2.39. The second-order valence-corrected chi connectivity index (χ2v) is 4.73. The maximum Gasteiger partial charge on any atom is 0.223 e. The van der Waals surface area contributed by atoms with Crippen LogP contribution in [0.1, 0.15) is 38.4 Å². The van der Waals surface area contributed by atoms with Gasteiger partial charge in [-0.15, -0.1) is 0 Å². The van der Waals surface area contributed by atoms with Crippen molar-refractivity contribution in [2.75, 3.05) is 13.1 Å². The minimum Gasteiger partial charge on any atom is -0.340 e. The lowest BCUT2D eigenvalue weighted by molar-refractivity contribution is 0.113. The number of hydrogen-bond acceptors (Lipinski definition) is 5. The Morgan fingerprint density at radius 1 is 1.41 bits per heavy atom. The average molecular weight is 238 g/mol. The van der Waals surface area contributed by atoms with Crippen molar-refractivity contribution < 1.29 is 4.52 Å². The van der Waals surface area contributed by atoms with Crippen LogP contribution < -0.4 is 5.32 Å². The zero-order chi connectivity index (χ0) is 12.3. The molecule has 0 aromatic carbocycles. The molecular weight excluding hydrogens is 216 g/mol. The number of rotatable bonds is 4. The summed E-state index contributed by atoms with van der Waals surface area (Å²) in [6.45, 7) is 9.22. The van der Waals surface area contributed by atoms with Gasteiger partial charge in [-0.05, 0) is 12.8 Å². The monoisotopic (exact) mass is 238 g/mol. The third-order valence-corrected chi connectivity index (χ3v) is 3.49. The molecule has 2 atom stereocenters. The van der Waals surface area contributed by atoms with Crippen LogP contribution >= 0.6 is 0 Å². The summed E-state index contributed by atoms with van der Waals surface area (Å²) < 4.78 is 5.02. The summed E-state index contributed by atoms with van der Waals surface area (Å²) in [6, 6.07) is 1.17. The van der Waals surface area contributed by atoms with Crippen molar-refractivity contribution in [2.45, 2.75) is 52.2 Å². The van der Waals surface area contributed by atoms with Crippen LogP contribution in [0.2, 0.25) is 0 Å². The van der Waals surface area contributed by atoms with Crippen LogP contribution in [0.15, 0.2) is 4.52 Å². The molecule has 2 heterocycles. The van der Waals surface area contributed by atoms with E-state index >= 15 is 0 Å². The third-order valence-electron chi connectivity index (χ3n) is 3.49. The number of nitrogens with one attached hydrogen (secondary N) is 1. The zero-order valence-electron chi connectivity index (χ0n) is 10.9. The molecule has 1 N–H and O–H groups in total. The van der Waals surface area contributed by atoms with E-state index in [1.54, 1.807) is 0 Å². The van der Waals surface area contributed by atoms with Crippen LogP contribution in [0.5, 0.6) is 0 Å². The fourth-order valence-electron chi connectivity index (χ4n) is 2.39. The molecule has 1 aromatic heterocycles. The molecule has 5 nitrogen and oxygen atoms in total. The van der Waals surface area contributed by atoms with Crippen molar-refractivity contribution in [3.8, 4) is 0 Å². The first kappa shape index (κ1) is 12.5. The van der Waals surface area contributed by atoms with E-state index in [1.807, 2.05) is 6.92 Å². The molecule has 1 aliphatic heterocycles. The molecule has 2 rings (SSSR count). The summed E-state index contributed by atoms with van der Waals surface area (Å²) in [5.41, 5.74) is 0. The molecule has 1 aliphatic rings. The smallest absolute Gasteiger partial charge is 0.223 e. The van der Waals surface area contributed by atoms with Crippen LogP contribution in [-0.2, 0) is 6.54 Å². The van der Waals surface area contributed by atoms with Gasteiger partial charge in [0, 0.05) is 32.1 Å². The quantitative estimate of drug-likeness (QED) is 0.858. The Labute approximate surface area is 103 Å². The van der Waals surface area contributed by atoms with Crippen molar-refractivity contribution in [1.29, 1.82) is 0 Å². The Hall–Kier alpha value is -0.940. The first-order valence-electron chi connectivity index (χ1n) is 6.49. The first-order chi connectivity index (χ1) is 8.22. The molecule has 17 heavy (non-hydrogen) atoms. The molecule has 0 radical (unpaired) electrons. The fraction of sp³-hybridized carbons (Fsp3) is 0.833. The highest BCUT2D eigenvalue weighted by Crippen LogP contribution is 2.14. The first-order valence-corrected chi connectivity index (χ1v) is 6.49. The zero-order valence-corrected chi connectivity index (χ0v) is 10.9. The predicted molar refractivity (Wildman–Crippen MR) is 65.6 cm³/mol. The minimum absolute atomic E-state index is 0.580. The van der Waals surface area contributed by atoms with Gasteiger partial charge >= 0.3 is 0 Å². The largest absolute Gasteiger partial charge is 0.340 e. The molecule has 1 fully saturated rings. The molecule has 96 valence electrons. The highest BCUT2D eigenvalue weighted by atomic mass is 16.5. The Morgan fingerprint density at radius 3 is 2.82 bits per heavy atom. The van der Waals surface area contributed by atoms with Gasteiger partial charge in [-0.1, -0.05) is 19.0 Å².